The summed E-state index contributed by atoms with van der Waals surface area (Å²) in [6.07, 6.45) is 3.26. The van der Waals surface area contributed by atoms with Crippen molar-refractivity contribution >= 4 is 21.7 Å². The summed E-state index contributed by atoms with van der Waals surface area (Å²) in [5.41, 5.74) is 1.15. The Morgan fingerprint density at radius 3 is 2.86 bits per heavy atom. The molecule has 0 saturated heterocycles. The van der Waals surface area contributed by atoms with Gasteiger partial charge in [-0.15, -0.1) is 0 Å². The molecule has 1 N–H and O–H groups in total. The second-order valence-electron chi connectivity index (χ2n) is 5.30. The van der Waals surface area contributed by atoms with Crippen LogP contribution in [0.15, 0.2) is 28.7 Å². The first-order valence-electron chi connectivity index (χ1n) is 7.26. The number of anilines is 1. The van der Waals surface area contributed by atoms with E-state index in [1.165, 1.54) is 0 Å². The fourth-order valence-corrected chi connectivity index (χ4v) is 2.54. The van der Waals surface area contributed by atoms with Gasteiger partial charge in [-0.3, -0.25) is 0 Å². The Morgan fingerprint density at radius 2 is 2.14 bits per heavy atom. The van der Waals surface area contributed by atoms with Crippen molar-refractivity contribution in [2.24, 2.45) is 0 Å². The lowest BCUT2D eigenvalue weighted by Gasteiger charge is -2.10. The van der Waals surface area contributed by atoms with Gasteiger partial charge in [0.2, 0.25) is 0 Å². The van der Waals surface area contributed by atoms with Gasteiger partial charge in [0.25, 0.3) is 0 Å². The molecular weight excluding hydrogens is 333 g/mol. The van der Waals surface area contributed by atoms with Crippen molar-refractivity contribution in [3.8, 4) is 11.3 Å². The van der Waals surface area contributed by atoms with E-state index in [0.29, 0.717) is 21.6 Å². The van der Waals surface area contributed by atoms with Gasteiger partial charge in [0, 0.05) is 24.1 Å². The highest BCUT2D eigenvalue weighted by atomic mass is 79.9. The van der Waals surface area contributed by atoms with Crippen LogP contribution >= 0.6 is 15.9 Å². The number of halogens is 2. The Labute approximate surface area is 132 Å². The molecule has 5 heteroatoms. The third-order valence-corrected chi connectivity index (χ3v) is 4.08. The first-order chi connectivity index (χ1) is 10.2. The van der Waals surface area contributed by atoms with Crippen LogP contribution in [0.1, 0.15) is 37.9 Å². The van der Waals surface area contributed by atoms with Gasteiger partial charge in [0.15, 0.2) is 0 Å². The molecular formula is C16H17BrFN3. The predicted molar refractivity (Wildman–Crippen MR) is 85.9 cm³/mol. The highest BCUT2D eigenvalue weighted by Gasteiger charge is 2.27. The number of nitrogens with one attached hydrogen (secondary N) is 1. The summed E-state index contributed by atoms with van der Waals surface area (Å²) in [6.45, 7) is 2.95. The van der Waals surface area contributed by atoms with Crippen molar-refractivity contribution in [1.82, 2.24) is 9.97 Å². The normalized spacial score (nSPS) is 14.2. The Balaban J connectivity index is 2.03. The molecule has 0 unspecified atom stereocenters. The van der Waals surface area contributed by atoms with E-state index >= 15 is 0 Å². The van der Waals surface area contributed by atoms with Crippen LogP contribution in [0, 0.1) is 5.82 Å². The fraction of sp³-hybridized carbons (Fsp3) is 0.375. The zero-order valence-corrected chi connectivity index (χ0v) is 13.5. The van der Waals surface area contributed by atoms with Gasteiger partial charge in [0.1, 0.15) is 17.5 Å². The summed E-state index contributed by atoms with van der Waals surface area (Å²) in [5, 5.41) is 3.28. The summed E-state index contributed by atoms with van der Waals surface area (Å²) in [4.78, 5) is 9.12. The Hall–Kier alpha value is -1.49. The van der Waals surface area contributed by atoms with Gasteiger partial charge >= 0.3 is 0 Å². The molecule has 21 heavy (non-hydrogen) atoms. The second kappa shape index (κ2) is 6.10. The maximum Gasteiger partial charge on any atom is 0.146 e. The maximum absolute atomic E-state index is 14.3. The van der Waals surface area contributed by atoms with E-state index in [1.54, 1.807) is 12.1 Å². The molecule has 1 fully saturated rings. The van der Waals surface area contributed by atoms with Crippen molar-refractivity contribution in [2.45, 2.75) is 32.1 Å². The Kier molecular flexibility index (Phi) is 4.19. The lowest BCUT2D eigenvalue weighted by atomic mass is 10.1. The molecule has 2 aromatic rings. The SMILES string of the molecule is CCCNc1cc(-c2cccc(Br)c2F)nc(C2CC2)n1. The van der Waals surface area contributed by atoms with Crippen LogP contribution in [-0.4, -0.2) is 16.5 Å². The van der Waals surface area contributed by atoms with Crippen molar-refractivity contribution in [3.63, 3.8) is 0 Å². The van der Waals surface area contributed by atoms with Gasteiger partial charge < -0.3 is 5.32 Å². The lowest BCUT2D eigenvalue weighted by Crippen LogP contribution is -2.06. The van der Waals surface area contributed by atoms with Crippen LogP contribution in [-0.2, 0) is 0 Å². The standard InChI is InChI=1S/C16H17BrFN3/c1-2-8-19-14-9-13(20-16(21-14)10-6-7-10)11-4-3-5-12(17)15(11)18/h3-5,9-10H,2,6-8H2,1H3,(H,19,20,21). The van der Waals surface area contributed by atoms with E-state index in [0.717, 1.165) is 37.4 Å². The fourth-order valence-electron chi connectivity index (χ4n) is 2.17. The number of hydrogen-bond acceptors (Lipinski definition) is 3. The minimum atomic E-state index is -0.278. The van der Waals surface area contributed by atoms with Gasteiger partial charge in [0.05, 0.1) is 10.2 Å². The van der Waals surface area contributed by atoms with E-state index < -0.39 is 0 Å². The average molecular weight is 350 g/mol. The number of hydrogen-bond donors (Lipinski definition) is 1. The summed E-state index contributed by atoms with van der Waals surface area (Å²) < 4.78 is 14.7. The minimum Gasteiger partial charge on any atom is -0.370 e. The molecule has 1 aromatic heterocycles. The predicted octanol–water partition coefficient (Wildman–Crippen LogP) is 4.74. The van der Waals surface area contributed by atoms with Gasteiger partial charge in [-0.1, -0.05) is 13.0 Å². The third-order valence-electron chi connectivity index (χ3n) is 3.47. The molecule has 0 aliphatic heterocycles. The molecule has 1 saturated carbocycles. The maximum atomic E-state index is 14.3. The molecule has 3 nitrogen and oxygen atoms in total. The van der Waals surface area contributed by atoms with Gasteiger partial charge in [-0.25, -0.2) is 14.4 Å². The number of rotatable bonds is 5. The zero-order valence-electron chi connectivity index (χ0n) is 11.9. The molecule has 0 amide bonds. The van der Waals surface area contributed by atoms with E-state index in [4.69, 9.17) is 0 Å². The smallest absolute Gasteiger partial charge is 0.146 e. The van der Waals surface area contributed by atoms with Crippen LogP contribution in [0.5, 0.6) is 0 Å². The highest BCUT2D eigenvalue weighted by Crippen LogP contribution is 2.39. The first kappa shape index (κ1) is 14.4. The van der Waals surface area contributed by atoms with E-state index in [1.807, 2.05) is 12.1 Å². The Bertz CT molecular complexity index is 656. The molecule has 0 bridgehead atoms. The number of aromatic nitrogens is 2. The van der Waals surface area contributed by atoms with E-state index in [9.17, 15) is 4.39 Å². The number of benzene rings is 1. The lowest BCUT2D eigenvalue weighted by molar-refractivity contribution is 0.624. The summed E-state index contributed by atoms with van der Waals surface area (Å²) in [7, 11) is 0. The average Bonchev–Trinajstić information content (AvgIpc) is 3.32. The molecule has 0 spiro atoms. The molecule has 1 aliphatic rings. The second-order valence-corrected chi connectivity index (χ2v) is 6.15. The van der Waals surface area contributed by atoms with Crippen LogP contribution in [0.2, 0.25) is 0 Å². The third kappa shape index (κ3) is 3.23. The van der Waals surface area contributed by atoms with Crippen LogP contribution in [0.4, 0.5) is 10.2 Å². The minimum absolute atomic E-state index is 0.278. The summed E-state index contributed by atoms with van der Waals surface area (Å²) in [5.74, 6) is 1.76. The molecule has 0 atom stereocenters. The van der Waals surface area contributed by atoms with Crippen LogP contribution in [0.25, 0.3) is 11.3 Å². The van der Waals surface area contributed by atoms with Gasteiger partial charge in [-0.05, 0) is 47.3 Å². The number of nitrogens with zero attached hydrogens (tertiary/aromatic N) is 2. The van der Waals surface area contributed by atoms with Crippen molar-refractivity contribution in [1.29, 1.82) is 0 Å². The van der Waals surface area contributed by atoms with Crippen molar-refractivity contribution in [2.75, 3.05) is 11.9 Å². The molecule has 1 aromatic carbocycles. The molecule has 110 valence electrons. The molecule has 3 rings (SSSR count). The largest absolute Gasteiger partial charge is 0.370 e. The topological polar surface area (TPSA) is 37.8 Å². The van der Waals surface area contributed by atoms with Crippen molar-refractivity contribution in [3.05, 3.63) is 40.4 Å². The summed E-state index contributed by atoms with van der Waals surface area (Å²) in [6, 6.07) is 7.09. The first-order valence-corrected chi connectivity index (χ1v) is 8.05. The molecule has 0 radical (unpaired) electrons. The van der Waals surface area contributed by atoms with E-state index in [2.05, 4.69) is 38.1 Å². The summed E-state index contributed by atoms with van der Waals surface area (Å²) >= 11 is 3.23. The highest BCUT2D eigenvalue weighted by molar-refractivity contribution is 9.10. The van der Waals surface area contributed by atoms with E-state index in [-0.39, 0.29) is 5.82 Å². The Morgan fingerprint density at radius 1 is 1.33 bits per heavy atom. The quantitative estimate of drug-likeness (QED) is 0.846. The molecule has 1 heterocycles. The van der Waals surface area contributed by atoms with Crippen LogP contribution < -0.4 is 5.32 Å². The molecule has 1 aliphatic carbocycles. The van der Waals surface area contributed by atoms with Crippen molar-refractivity contribution < 1.29 is 4.39 Å². The monoisotopic (exact) mass is 349 g/mol. The van der Waals surface area contributed by atoms with Crippen LogP contribution in [0.3, 0.4) is 0 Å². The van der Waals surface area contributed by atoms with Gasteiger partial charge in [-0.2, -0.15) is 0 Å². The zero-order chi connectivity index (χ0) is 14.8.